The molecule has 32 heavy (non-hydrogen) atoms. The molecule has 2 unspecified atom stereocenters. The third-order valence-corrected chi connectivity index (χ3v) is 11.8. The summed E-state index contributed by atoms with van der Waals surface area (Å²) < 4.78 is 6.62. The minimum Gasteiger partial charge on any atom is -0.490 e. The first-order chi connectivity index (χ1) is 14.9. The fraction of sp³-hybridized carbons (Fsp3) is 0.862. The molecule has 4 fully saturated rings. The van der Waals surface area contributed by atoms with Gasteiger partial charge in [0.25, 0.3) is 0 Å². The Hall–Kier alpha value is -0.800. The Kier molecular flexibility index (Phi) is 4.24. The highest BCUT2D eigenvalue weighted by Gasteiger charge is 2.80. The zero-order valence-electron chi connectivity index (χ0n) is 21.0. The topological polar surface area (TPSA) is 49.7 Å². The minimum absolute atomic E-state index is 0.0467. The van der Waals surface area contributed by atoms with Crippen molar-refractivity contribution in [3.8, 4) is 0 Å². The van der Waals surface area contributed by atoms with Crippen LogP contribution < -0.4 is 0 Å². The summed E-state index contributed by atoms with van der Waals surface area (Å²) in [5.41, 5.74) is 3.33. The van der Waals surface area contributed by atoms with Crippen LogP contribution in [0.4, 0.5) is 0 Å². The Balaban J connectivity index is 1.31. The smallest absolute Gasteiger partial charge is 0.122 e. The van der Waals surface area contributed by atoms with E-state index in [4.69, 9.17) is 11.3 Å². The average molecular weight is 441 g/mol. The van der Waals surface area contributed by atoms with Crippen LogP contribution in [0.2, 0.25) is 0 Å². The Labute approximate surface area is 194 Å². The monoisotopic (exact) mass is 440 g/mol. The lowest BCUT2D eigenvalue weighted by molar-refractivity contribution is -0.123. The SMILES string of the molecule is C=C1C2=C(CC[C@H](CC(C)(C)O)O2)[C@@]2(C)CC[C@@]34C[C@@]35CC[C@H](O)C(C)(C)C5CC[C@H]4C12. The maximum atomic E-state index is 10.8. The van der Waals surface area contributed by atoms with Gasteiger partial charge in [-0.1, -0.05) is 27.4 Å². The van der Waals surface area contributed by atoms with E-state index in [1.165, 1.54) is 44.1 Å². The van der Waals surface area contributed by atoms with Crippen LogP contribution in [0, 0.1) is 39.4 Å². The standard InChI is InChI=1S/C29H44O3/c1-17-23-19-9-10-21-26(4,5)22(30)11-12-29(21)16-28(19,29)14-13-27(23,6)20-8-7-18(32-24(17)20)15-25(2,3)31/h18-19,21-23,30-31H,1,7-16H2,2-6H3/t18-,19+,21?,22+,23?,27-,28+,29-/m1/s1. The summed E-state index contributed by atoms with van der Waals surface area (Å²) in [7, 11) is 0. The molecule has 0 radical (unpaired) electrons. The molecule has 5 aliphatic carbocycles. The first-order valence-corrected chi connectivity index (χ1v) is 13.4. The van der Waals surface area contributed by atoms with Crippen molar-refractivity contribution in [1.82, 2.24) is 0 Å². The van der Waals surface area contributed by atoms with E-state index in [0.29, 0.717) is 29.1 Å². The van der Waals surface area contributed by atoms with Gasteiger partial charge in [0.15, 0.2) is 0 Å². The summed E-state index contributed by atoms with van der Waals surface area (Å²) in [6.45, 7) is 15.7. The Morgan fingerprint density at radius 2 is 1.78 bits per heavy atom. The third-order valence-electron chi connectivity index (χ3n) is 11.8. The molecule has 8 atom stereocenters. The minimum atomic E-state index is -0.694. The lowest BCUT2D eigenvalue weighted by atomic mass is 9.46. The number of ether oxygens (including phenoxy) is 1. The van der Waals surface area contributed by atoms with Gasteiger partial charge >= 0.3 is 0 Å². The van der Waals surface area contributed by atoms with Crippen molar-refractivity contribution in [2.45, 2.75) is 117 Å². The van der Waals surface area contributed by atoms with Crippen LogP contribution >= 0.6 is 0 Å². The van der Waals surface area contributed by atoms with Crippen LogP contribution in [-0.2, 0) is 4.74 Å². The summed E-state index contributed by atoms with van der Waals surface area (Å²) in [6, 6.07) is 0. The summed E-state index contributed by atoms with van der Waals surface area (Å²) >= 11 is 0. The van der Waals surface area contributed by atoms with Gasteiger partial charge in [0.05, 0.1) is 11.7 Å². The van der Waals surface area contributed by atoms with Crippen molar-refractivity contribution >= 4 is 0 Å². The maximum Gasteiger partial charge on any atom is 0.122 e. The molecule has 3 nitrogen and oxygen atoms in total. The summed E-state index contributed by atoms with van der Waals surface area (Å²) in [5.74, 6) is 3.05. The number of aliphatic hydroxyl groups is 2. The van der Waals surface area contributed by atoms with Gasteiger partial charge < -0.3 is 14.9 Å². The molecular formula is C29H44O3. The Morgan fingerprint density at radius 1 is 1.03 bits per heavy atom. The van der Waals surface area contributed by atoms with Crippen LogP contribution in [0.3, 0.4) is 0 Å². The fourth-order valence-electron chi connectivity index (χ4n) is 10.4. The van der Waals surface area contributed by atoms with Crippen LogP contribution in [-0.4, -0.2) is 28.0 Å². The molecule has 0 saturated heterocycles. The second kappa shape index (κ2) is 6.25. The molecule has 0 bridgehead atoms. The van der Waals surface area contributed by atoms with E-state index in [1.54, 1.807) is 5.57 Å². The van der Waals surface area contributed by atoms with Gasteiger partial charge in [-0.25, -0.2) is 0 Å². The second-order valence-electron chi connectivity index (χ2n) is 14.1. The first-order valence-electron chi connectivity index (χ1n) is 13.4. The van der Waals surface area contributed by atoms with Gasteiger partial charge in [0.2, 0.25) is 0 Å². The number of hydrogen-bond acceptors (Lipinski definition) is 3. The Morgan fingerprint density at radius 3 is 2.50 bits per heavy atom. The van der Waals surface area contributed by atoms with Crippen LogP contribution in [0.1, 0.15) is 98.8 Å². The molecule has 1 heterocycles. The normalized spacial score (nSPS) is 51.1. The van der Waals surface area contributed by atoms with Gasteiger partial charge in [-0.15, -0.1) is 0 Å². The average Bonchev–Trinajstić information content (AvgIpc) is 3.31. The predicted octanol–water partition coefficient (Wildman–Crippen LogP) is 6.15. The second-order valence-corrected chi connectivity index (χ2v) is 14.1. The highest BCUT2D eigenvalue weighted by atomic mass is 16.5. The number of rotatable bonds is 2. The Bertz CT molecular complexity index is 893. The molecule has 3 heteroatoms. The van der Waals surface area contributed by atoms with Gasteiger partial charge in [0.1, 0.15) is 11.9 Å². The van der Waals surface area contributed by atoms with Gasteiger partial charge in [-0.2, -0.15) is 0 Å². The summed E-state index contributed by atoms with van der Waals surface area (Å²) in [4.78, 5) is 0. The van der Waals surface area contributed by atoms with E-state index in [2.05, 4.69) is 20.8 Å². The summed E-state index contributed by atoms with van der Waals surface area (Å²) in [6.07, 6.45) is 11.5. The molecule has 4 saturated carbocycles. The molecule has 6 aliphatic rings. The molecular weight excluding hydrogens is 396 g/mol. The molecule has 1 aliphatic heterocycles. The lowest BCUT2D eigenvalue weighted by Gasteiger charge is -2.59. The van der Waals surface area contributed by atoms with E-state index in [-0.39, 0.29) is 23.0 Å². The number of allylic oxidation sites excluding steroid dienone is 2. The van der Waals surface area contributed by atoms with Crippen molar-refractivity contribution in [3.05, 3.63) is 23.5 Å². The molecule has 0 aromatic carbocycles. The van der Waals surface area contributed by atoms with Crippen molar-refractivity contribution in [2.75, 3.05) is 0 Å². The number of aliphatic hydroxyl groups excluding tert-OH is 1. The molecule has 2 N–H and O–H groups in total. The van der Waals surface area contributed by atoms with Gasteiger partial charge in [-0.3, -0.25) is 0 Å². The highest BCUT2D eigenvalue weighted by molar-refractivity contribution is 5.48. The molecule has 0 aromatic rings. The summed E-state index contributed by atoms with van der Waals surface area (Å²) in [5, 5.41) is 21.2. The zero-order chi connectivity index (χ0) is 22.9. The van der Waals surface area contributed by atoms with Crippen molar-refractivity contribution in [2.24, 2.45) is 39.4 Å². The van der Waals surface area contributed by atoms with Crippen LogP contribution in [0.5, 0.6) is 0 Å². The molecule has 0 amide bonds. The van der Waals surface area contributed by atoms with E-state index in [9.17, 15) is 10.2 Å². The van der Waals surface area contributed by atoms with Crippen LogP contribution in [0.25, 0.3) is 0 Å². The zero-order valence-corrected chi connectivity index (χ0v) is 21.0. The number of fused-ring (bicyclic) bond motifs is 3. The van der Waals surface area contributed by atoms with Crippen molar-refractivity contribution < 1.29 is 14.9 Å². The van der Waals surface area contributed by atoms with Crippen molar-refractivity contribution in [1.29, 1.82) is 0 Å². The van der Waals surface area contributed by atoms with E-state index in [1.807, 2.05) is 13.8 Å². The largest absolute Gasteiger partial charge is 0.490 e. The molecule has 0 aromatic heterocycles. The number of hydrogen-bond donors (Lipinski definition) is 2. The molecule has 2 spiro atoms. The van der Waals surface area contributed by atoms with Gasteiger partial charge in [0, 0.05) is 6.42 Å². The third kappa shape index (κ3) is 2.51. The molecule has 6 rings (SSSR count). The lowest BCUT2D eigenvalue weighted by Crippen LogP contribution is -2.54. The quantitative estimate of drug-likeness (QED) is 0.541. The van der Waals surface area contributed by atoms with Crippen LogP contribution in [0.15, 0.2) is 23.5 Å². The maximum absolute atomic E-state index is 10.8. The van der Waals surface area contributed by atoms with E-state index < -0.39 is 5.60 Å². The molecule has 178 valence electrons. The van der Waals surface area contributed by atoms with Gasteiger partial charge in [-0.05, 0) is 122 Å². The van der Waals surface area contributed by atoms with E-state index in [0.717, 1.165) is 30.9 Å². The predicted molar refractivity (Wildman–Crippen MR) is 127 cm³/mol. The van der Waals surface area contributed by atoms with Crippen molar-refractivity contribution in [3.63, 3.8) is 0 Å². The fourth-order valence-corrected chi connectivity index (χ4v) is 10.4. The first kappa shape index (κ1) is 21.7. The van der Waals surface area contributed by atoms with E-state index >= 15 is 0 Å². The highest BCUT2D eigenvalue weighted by Crippen LogP contribution is 2.87.